The van der Waals surface area contributed by atoms with Gasteiger partial charge in [0, 0.05) is 13.6 Å². The summed E-state index contributed by atoms with van der Waals surface area (Å²) in [5, 5.41) is 10.6. The van der Waals surface area contributed by atoms with E-state index in [0.717, 1.165) is 15.6 Å². The summed E-state index contributed by atoms with van der Waals surface area (Å²) in [6.07, 6.45) is 0. The maximum atomic E-state index is 12.5. The van der Waals surface area contributed by atoms with Gasteiger partial charge in [-0.3, -0.25) is 4.79 Å². The molecule has 0 spiro atoms. The van der Waals surface area contributed by atoms with E-state index in [4.69, 9.17) is 5.11 Å². The lowest BCUT2D eigenvalue weighted by Crippen LogP contribution is -2.34. The number of carboxylic acids is 1. The third kappa shape index (κ3) is 3.60. The second-order valence-electron chi connectivity index (χ2n) is 4.59. The quantitative estimate of drug-likeness (QED) is 0.784. The zero-order chi connectivity index (χ0) is 16.4. The summed E-state index contributed by atoms with van der Waals surface area (Å²) in [4.78, 5) is 22.0. The van der Waals surface area contributed by atoms with Crippen molar-refractivity contribution in [2.45, 2.75) is 18.7 Å². The van der Waals surface area contributed by atoms with Crippen molar-refractivity contribution in [2.75, 3.05) is 20.7 Å². The highest BCUT2D eigenvalue weighted by Gasteiger charge is 2.32. The topological polar surface area (TPSA) is 101 Å². The second-order valence-corrected chi connectivity index (χ2v) is 7.45. The number of nitrogens with zero attached hydrogens (tertiary/aromatic N) is 1. The molecular weight excluding hydrogens is 318 g/mol. The van der Waals surface area contributed by atoms with Gasteiger partial charge in [0.1, 0.15) is 9.77 Å². The number of sulfonamides is 1. The first-order chi connectivity index (χ1) is 9.62. The Kier molecular flexibility index (Phi) is 5.48. The molecule has 0 aliphatic rings. The number of thiophene rings is 1. The number of aryl methyl sites for hydroxylation is 1. The minimum Gasteiger partial charge on any atom is -0.477 e. The summed E-state index contributed by atoms with van der Waals surface area (Å²) < 4.78 is 30.5. The summed E-state index contributed by atoms with van der Waals surface area (Å²) in [5.74, 6) is -2.47. The number of rotatable bonds is 6. The standard InChI is InChI=1S/C12H17NO6S2/c1-7(12(16)19-4)5-13(3)21(17,18)10-8(2)6-20-9(10)11(14)15/h6-7H,5H2,1-4H3,(H,14,15). The van der Waals surface area contributed by atoms with Crippen LogP contribution in [0.5, 0.6) is 0 Å². The van der Waals surface area contributed by atoms with Crippen LogP contribution in [0.1, 0.15) is 22.2 Å². The molecule has 0 aromatic carbocycles. The Morgan fingerprint density at radius 3 is 2.52 bits per heavy atom. The molecular formula is C12H17NO6S2. The third-order valence-corrected chi connectivity index (χ3v) is 6.14. The van der Waals surface area contributed by atoms with E-state index in [1.807, 2.05) is 0 Å². The fourth-order valence-corrected chi connectivity index (χ4v) is 4.65. The van der Waals surface area contributed by atoms with Crippen molar-refractivity contribution >= 4 is 33.3 Å². The predicted octanol–water partition coefficient (Wildman–Crippen LogP) is 1.18. The Hall–Kier alpha value is -1.45. The Morgan fingerprint density at radius 1 is 1.48 bits per heavy atom. The molecule has 0 bridgehead atoms. The number of carbonyl (C=O) groups is 2. The Bertz CT molecular complexity index is 649. The van der Waals surface area contributed by atoms with E-state index < -0.39 is 27.9 Å². The van der Waals surface area contributed by atoms with Gasteiger partial charge < -0.3 is 9.84 Å². The van der Waals surface area contributed by atoms with Crippen molar-refractivity contribution in [2.24, 2.45) is 5.92 Å². The van der Waals surface area contributed by atoms with E-state index in [1.54, 1.807) is 0 Å². The van der Waals surface area contributed by atoms with Crippen LogP contribution in [-0.4, -0.2) is 50.5 Å². The molecule has 1 N–H and O–H groups in total. The molecule has 1 aromatic rings. The first kappa shape index (κ1) is 17.6. The molecule has 0 aliphatic carbocycles. The lowest BCUT2D eigenvalue weighted by atomic mass is 10.2. The summed E-state index contributed by atoms with van der Waals surface area (Å²) in [6, 6.07) is 0. The SMILES string of the molecule is COC(=O)C(C)CN(C)S(=O)(=O)c1c(C)csc1C(=O)O. The number of hydrogen-bond donors (Lipinski definition) is 1. The first-order valence-electron chi connectivity index (χ1n) is 5.98. The number of carbonyl (C=O) groups excluding carboxylic acids is 1. The number of aromatic carboxylic acids is 1. The summed E-state index contributed by atoms with van der Waals surface area (Å²) in [5.41, 5.74) is 0.370. The van der Waals surface area contributed by atoms with E-state index in [0.29, 0.717) is 5.56 Å². The van der Waals surface area contributed by atoms with Crippen LogP contribution in [0.3, 0.4) is 0 Å². The minimum absolute atomic E-state index is 0.0939. The molecule has 7 nitrogen and oxygen atoms in total. The van der Waals surface area contributed by atoms with Crippen LogP contribution in [0.15, 0.2) is 10.3 Å². The molecule has 1 unspecified atom stereocenters. The fraction of sp³-hybridized carbons (Fsp3) is 0.500. The van der Waals surface area contributed by atoms with Crippen molar-refractivity contribution in [3.63, 3.8) is 0 Å². The van der Waals surface area contributed by atoms with Gasteiger partial charge in [0.15, 0.2) is 0 Å². The normalized spacial score (nSPS) is 13.2. The summed E-state index contributed by atoms with van der Waals surface area (Å²) in [7, 11) is -1.46. The van der Waals surface area contributed by atoms with Gasteiger partial charge in [-0.25, -0.2) is 17.5 Å². The van der Waals surface area contributed by atoms with Gasteiger partial charge in [-0.2, -0.15) is 0 Å². The van der Waals surface area contributed by atoms with Gasteiger partial charge >= 0.3 is 11.9 Å². The zero-order valence-corrected chi connectivity index (χ0v) is 13.7. The van der Waals surface area contributed by atoms with Crippen molar-refractivity contribution in [1.82, 2.24) is 4.31 Å². The molecule has 0 radical (unpaired) electrons. The lowest BCUT2D eigenvalue weighted by molar-refractivity contribution is -0.144. The largest absolute Gasteiger partial charge is 0.477 e. The van der Waals surface area contributed by atoms with Gasteiger partial charge in [-0.05, 0) is 17.9 Å². The number of carboxylic acid groups (broad SMARTS) is 1. The van der Waals surface area contributed by atoms with E-state index in [2.05, 4.69) is 4.74 Å². The van der Waals surface area contributed by atoms with E-state index in [9.17, 15) is 18.0 Å². The van der Waals surface area contributed by atoms with Crippen molar-refractivity contribution in [3.05, 3.63) is 15.8 Å². The Labute approximate surface area is 127 Å². The van der Waals surface area contributed by atoms with Crippen LogP contribution in [0, 0.1) is 12.8 Å². The molecule has 118 valence electrons. The smallest absolute Gasteiger partial charge is 0.347 e. The minimum atomic E-state index is -3.98. The van der Waals surface area contributed by atoms with Crippen molar-refractivity contribution < 1.29 is 27.9 Å². The lowest BCUT2D eigenvalue weighted by Gasteiger charge is -2.20. The van der Waals surface area contributed by atoms with Gasteiger partial charge in [0.05, 0.1) is 13.0 Å². The molecule has 1 atom stereocenters. The third-order valence-electron chi connectivity index (χ3n) is 2.91. The van der Waals surface area contributed by atoms with E-state index in [-0.39, 0.29) is 16.3 Å². The molecule has 21 heavy (non-hydrogen) atoms. The van der Waals surface area contributed by atoms with Crippen LogP contribution in [-0.2, 0) is 19.6 Å². The molecule has 1 heterocycles. The predicted molar refractivity (Wildman–Crippen MR) is 77.0 cm³/mol. The van der Waals surface area contributed by atoms with Gasteiger partial charge in [-0.1, -0.05) is 6.92 Å². The fourth-order valence-electron chi connectivity index (χ4n) is 1.82. The van der Waals surface area contributed by atoms with Gasteiger partial charge in [0.25, 0.3) is 0 Å². The molecule has 1 rings (SSSR count). The van der Waals surface area contributed by atoms with E-state index in [1.165, 1.54) is 33.4 Å². The van der Waals surface area contributed by atoms with E-state index >= 15 is 0 Å². The van der Waals surface area contributed by atoms with Gasteiger partial charge in [0.2, 0.25) is 10.0 Å². The first-order valence-corrected chi connectivity index (χ1v) is 8.30. The molecule has 0 aliphatic heterocycles. The summed E-state index contributed by atoms with van der Waals surface area (Å²) >= 11 is 0.861. The van der Waals surface area contributed by atoms with Crippen LogP contribution >= 0.6 is 11.3 Å². The van der Waals surface area contributed by atoms with Crippen LogP contribution in [0.4, 0.5) is 0 Å². The molecule has 0 fully saturated rings. The van der Waals surface area contributed by atoms with Crippen molar-refractivity contribution in [1.29, 1.82) is 0 Å². The average molecular weight is 335 g/mol. The maximum absolute atomic E-state index is 12.5. The van der Waals surface area contributed by atoms with Crippen LogP contribution < -0.4 is 0 Å². The Morgan fingerprint density at radius 2 is 2.05 bits per heavy atom. The van der Waals surface area contributed by atoms with Crippen LogP contribution in [0.25, 0.3) is 0 Å². The number of ether oxygens (including phenoxy) is 1. The number of hydrogen-bond acceptors (Lipinski definition) is 6. The van der Waals surface area contributed by atoms with Crippen LogP contribution in [0.2, 0.25) is 0 Å². The monoisotopic (exact) mass is 335 g/mol. The Balaban J connectivity index is 3.14. The van der Waals surface area contributed by atoms with Crippen molar-refractivity contribution in [3.8, 4) is 0 Å². The zero-order valence-electron chi connectivity index (χ0n) is 12.1. The highest BCUT2D eigenvalue weighted by Crippen LogP contribution is 2.29. The molecule has 1 aromatic heterocycles. The van der Waals surface area contributed by atoms with Gasteiger partial charge in [-0.15, -0.1) is 11.3 Å². The number of methoxy groups -OCH3 is 1. The highest BCUT2D eigenvalue weighted by atomic mass is 32.2. The summed E-state index contributed by atoms with van der Waals surface area (Å²) in [6.45, 7) is 2.98. The number of esters is 1. The second kappa shape index (κ2) is 6.54. The maximum Gasteiger partial charge on any atom is 0.347 e. The molecule has 0 saturated heterocycles. The molecule has 9 heteroatoms. The average Bonchev–Trinajstić information content (AvgIpc) is 2.80. The highest BCUT2D eigenvalue weighted by molar-refractivity contribution is 7.89. The molecule has 0 saturated carbocycles. The molecule has 0 amide bonds.